The van der Waals surface area contributed by atoms with Crippen molar-refractivity contribution in [3.63, 3.8) is 0 Å². The highest BCUT2D eigenvalue weighted by Crippen LogP contribution is 2.16. The second-order valence-corrected chi connectivity index (χ2v) is 5.07. The predicted octanol–water partition coefficient (Wildman–Crippen LogP) is 2.50. The summed E-state index contributed by atoms with van der Waals surface area (Å²) in [5.41, 5.74) is 0. The molecule has 0 saturated heterocycles. The molecule has 0 atom stereocenters. The van der Waals surface area contributed by atoms with Crippen LogP contribution >= 0.6 is 0 Å². The molecule has 0 amide bonds. The Labute approximate surface area is 127 Å². The van der Waals surface area contributed by atoms with Gasteiger partial charge in [0, 0.05) is 38.8 Å². The smallest absolute Gasteiger partial charge is 0.135 e. The average molecular weight is 296 g/mol. The molecule has 0 aromatic carbocycles. The first-order valence-corrected chi connectivity index (χ1v) is 7.60. The van der Waals surface area contributed by atoms with E-state index in [0.29, 0.717) is 19.1 Å². The predicted molar refractivity (Wildman–Crippen MR) is 86.1 cm³/mol. The van der Waals surface area contributed by atoms with Gasteiger partial charge in [-0.2, -0.15) is 0 Å². The zero-order chi connectivity index (χ0) is 15.5. The Kier molecular flexibility index (Phi) is 8.69. The summed E-state index contributed by atoms with van der Waals surface area (Å²) >= 11 is 0. The molecule has 2 N–H and O–H groups in total. The minimum Gasteiger partial charge on any atom is -0.382 e. The molecule has 0 spiro atoms. The van der Waals surface area contributed by atoms with Crippen LogP contribution in [0.5, 0.6) is 0 Å². The highest BCUT2D eigenvalue weighted by molar-refractivity contribution is 5.47. The zero-order valence-electron chi connectivity index (χ0n) is 13.6. The quantitative estimate of drug-likeness (QED) is 0.612. The largest absolute Gasteiger partial charge is 0.382 e. The van der Waals surface area contributed by atoms with E-state index in [4.69, 9.17) is 9.47 Å². The molecule has 1 aromatic rings. The Morgan fingerprint density at radius 2 is 1.81 bits per heavy atom. The van der Waals surface area contributed by atoms with Crippen molar-refractivity contribution in [3.8, 4) is 0 Å². The van der Waals surface area contributed by atoms with Gasteiger partial charge in [0.05, 0.1) is 13.2 Å². The van der Waals surface area contributed by atoms with Crippen LogP contribution in [0.4, 0.5) is 11.6 Å². The summed E-state index contributed by atoms with van der Waals surface area (Å²) in [7, 11) is 1.67. The molecule has 0 saturated carbocycles. The van der Waals surface area contributed by atoms with Crippen molar-refractivity contribution >= 4 is 11.6 Å². The first kappa shape index (κ1) is 17.7. The van der Waals surface area contributed by atoms with Crippen LogP contribution in [0.1, 0.15) is 38.9 Å². The monoisotopic (exact) mass is 296 g/mol. The molecule has 0 aliphatic heterocycles. The number of nitrogens with one attached hydrogen (secondary N) is 2. The van der Waals surface area contributed by atoms with Crippen LogP contribution in [0.3, 0.4) is 0 Å². The fourth-order valence-electron chi connectivity index (χ4n) is 1.72. The molecule has 1 rings (SSSR count). The molecule has 0 aliphatic carbocycles. The Morgan fingerprint density at radius 3 is 2.43 bits per heavy atom. The van der Waals surface area contributed by atoms with Gasteiger partial charge in [-0.25, -0.2) is 9.97 Å². The molecular weight excluding hydrogens is 268 g/mol. The van der Waals surface area contributed by atoms with Gasteiger partial charge in [-0.1, -0.05) is 13.8 Å². The Morgan fingerprint density at radius 1 is 1.10 bits per heavy atom. The van der Waals surface area contributed by atoms with E-state index in [1.54, 1.807) is 7.11 Å². The highest BCUT2D eigenvalue weighted by Gasteiger charge is 2.07. The van der Waals surface area contributed by atoms with E-state index in [0.717, 1.165) is 43.6 Å². The summed E-state index contributed by atoms with van der Waals surface area (Å²) < 4.78 is 10.4. The number of ether oxygens (including phenoxy) is 2. The molecule has 0 fully saturated rings. The van der Waals surface area contributed by atoms with E-state index in [1.165, 1.54) is 0 Å². The fourth-order valence-corrected chi connectivity index (χ4v) is 1.72. The summed E-state index contributed by atoms with van der Waals surface area (Å²) in [5.74, 6) is 2.89. The standard InChI is InChI=1S/C15H28N4O2/c1-5-16-13-11-14(19-15(18-13)12(2)3)17-7-6-8-21-10-9-20-4/h11-12H,5-10H2,1-4H3,(H2,16,17,18,19). The zero-order valence-corrected chi connectivity index (χ0v) is 13.6. The lowest BCUT2D eigenvalue weighted by molar-refractivity contribution is 0.0705. The summed E-state index contributed by atoms with van der Waals surface area (Å²) in [6, 6.07) is 1.95. The van der Waals surface area contributed by atoms with Gasteiger partial charge in [0.15, 0.2) is 0 Å². The van der Waals surface area contributed by atoms with Gasteiger partial charge in [0.2, 0.25) is 0 Å². The highest BCUT2D eigenvalue weighted by atomic mass is 16.5. The number of aromatic nitrogens is 2. The van der Waals surface area contributed by atoms with Crippen LogP contribution in [0, 0.1) is 0 Å². The number of methoxy groups -OCH3 is 1. The topological polar surface area (TPSA) is 68.3 Å². The molecule has 1 aromatic heterocycles. The third-order valence-corrected chi connectivity index (χ3v) is 2.82. The first-order chi connectivity index (χ1) is 10.2. The Hall–Kier alpha value is -1.40. The van der Waals surface area contributed by atoms with Gasteiger partial charge >= 0.3 is 0 Å². The third kappa shape index (κ3) is 7.24. The maximum Gasteiger partial charge on any atom is 0.135 e. The molecule has 6 nitrogen and oxygen atoms in total. The average Bonchev–Trinajstić information content (AvgIpc) is 2.46. The van der Waals surface area contributed by atoms with Gasteiger partial charge in [-0.05, 0) is 13.3 Å². The maximum absolute atomic E-state index is 5.43. The number of rotatable bonds is 11. The molecule has 21 heavy (non-hydrogen) atoms. The number of hydrogen-bond donors (Lipinski definition) is 2. The van der Waals surface area contributed by atoms with Gasteiger partial charge in [-0.15, -0.1) is 0 Å². The van der Waals surface area contributed by atoms with Crippen LogP contribution in [0.25, 0.3) is 0 Å². The van der Waals surface area contributed by atoms with E-state index < -0.39 is 0 Å². The van der Waals surface area contributed by atoms with Gasteiger partial charge in [0.25, 0.3) is 0 Å². The first-order valence-electron chi connectivity index (χ1n) is 7.60. The third-order valence-electron chi connectivity index (χ3n) is 2.82. The molecule has 1 heterocycles. The number of nitrogens with zero attached hydrogens (tertiary/aromatic N) is 2. The van der Waals surface area contributed by atoms with Gasteiger partial charge < -0.3 is 20.1 Å². The summed E-state index contributed by atoms with van der Waals surface area (Å²) in [6.45, 7) is 9.93. The van der Waals surface area contributed by atoms with Crippen molar-refractivity contribution < 1.29 is 9.47 Å². The second kappa shape index (κ2) is 10.3. The molecular formula is C15H28N4O2. The Balaban J connectivity index is 2.42. The van der Waals surface area contributed by atoms with E-state index >= 15 is 0 Å². The SMILES string of the molecule is CCNc1cc(NCCCOCCOC)nc(C(C)C)n1. The maximum atomic E-state index is 5.43. The van der Waals surface area contributed by atoms with Crippen LogP contribution in [-0.2, 0) is 9.47 Å². The van der Waals surface area contributed by atoms with Crippen molar-refractivity contribution in [2.24, 2.45) is 0 Å². The summed E-state index contributed by atoms with van der Waals surface area (Å²) in [6.07, 6.45) is 0.932. The fraction of sp³-hybridized carbons (Fsp3) is 0.733. The number of hydrogen-bond acceptors (Lipinski definition) is 6. The van der Waals surface area contributed by atoms with E-state index in [2.05, 4.69) is 41.4 Å². The van der Waals surface area contributed by atoms with Crippen molar-refractivity contribution in [1.82, 2.24) is 9.97 Å². The van der Waals surface area contributed by atoms with Crippen molar-refractivity contribution in [3.05, 3.63) is 11.9 Å². The molecule has 0 unspecified atom stereocenters. The van der Waals surface area contributed by atoms with Gasteiger partial charge in [-0.3, -0.25) is 0 Å². The van der Waals surface area contributed by atoms with Crippen molar-refractivity contribution in [2.75, 3.05) is 50.7 Å². The van der Waals surface area contributed by atoms with Crippen molar-refractivity contribution in [2.45, 2.75) is 33.1 Å². The lowest BCUT2D eigenvalue weighted by atomic mass is 10.2. The second-order valence-electron chi connectivity index (χ2n) is 5.07. The van der Waals surface area contributed by atoms with Crippen LogP contribution < -0.4 is 10.6 Å². The van der Waals surface area contributed by atoms with Crippen LogP contribution in [0.15, 0.2) is 6.07 Å². The lowest BCUT2D eigenvalue weighted by Gasteiger charge is -2.12. The lowest BCUT2D eigenvalue weighted by Crippen LogP contribution is -2.11. The molecule has 0 radical (unpaired) electrons. The van der Waals surface area contributed by atoms with Crippen LogP contribution in [-0.4, -0.2) is 50.0 Å². The minimum absolute atomic E-state index is 0.307. The molecule has 0 aliphatic rings. The Bertz CT molecular complexity index is 399. The normalized spacial score (nSPS) is 10.9. The van der Waals surface area contributed by atoms with E-state index in [9.17, 15) is 0 Å². The molecule has 0 bridgehead atoms. The molecule has 120 valence electrons. The summed E-state index contributed by atoms with van der Waals surface area (Å²) in [4.78, 5) is 9.04. The van der Waals surface area contributed by atoms with Crippen molar-refractivity contribution in [1.29, 1.82) is 0 Å². The molecule has 6 heteroatoms. The minimum atomic E-state index is 0.307. The van der Waals surface area contributed by atoms with Gasteiger partial charge in [0.1, 0.15) is 17.5 Å². The van der Waals surface area contributed by atoms with E-state index in [1.807, 2.05) is 6.07 Å². The van der Waals surface area contributed by atoms with E-state index in [-0.39, 0.29) is 0 Å². The number of anilines is 2. The summed E-state index contributed by atoms with van der Waals surface area (Å²) in [5, 5.41) is 6.57. The van der Waals surface area contributed by atoms with Crippen LogP contribution in [0.2, 0.25) is 0 Å².